The van der Waals surface area contributed by atoms with Gasteiger partial charge in [-0.1, -0.05) is 26.0 Å². The Bertz CT molecular complexity index is 645. The van der Waals surface area contributed by atoms with Crippen molar-refractivity contribution in [1.82, 2.24) is 9.97 Å². The van der Waals surface area contributed by atoms with Crippen LogP contribution in [0.25, 0.3) is 11.3 Å². The van der Waals surface area contributed by atoms with E-state index in [1.165, 1.54) is 6.07 Å². The Labute approximate surface area is 118 Å². The van der Waals surface area contributed by atoms with Crippen molar-refractivity contribution in [1.29, 1.82) is 0 Å². The van der Waals surface area contributed by atoms with Crippen LogP contribution in [0.3, 0.4) is 0 Å². The lowest BCUT2D eigenvalue weighted by Crippen LogP contribution is -2.13. The van der Waals surface area contributed by atoms with E-state index in [4.69, 9.17) is 4.74 Å². The highest BCUT2D eigenvalue weighted by Gasteiger charge is 2.12. The number of rotatable bonds is 4. The molecule has 0 saturated heterocycles. The zero-order valence-electron chi connectivity index (χ0n) is 12.3. The van der Waals surface area contributed by atoms with Gasteiger partial charge in [0, 0.05) is 17.5 Å². The molecular weight excluding hydrogens is 252 g/mol. The summed E-state index contributed by atoms with van der Waals surface area (Å²) in [5.74, 6) is 1.60. The van der Waals surface area contributed by atoms with Gasteiger partial charge in [-0.15, -0.1) is 0 Å². The average Bonchev–Trinajstić information content (AvgIpc) is 2.37. The van der Waals surface area contributed by atoms with Gasteiger partial charge in [0.2, 0.25) is 0 Å². The molecule has 2 rings (SSSR count). The summed E-state index contributed by atoms with van der Waals surface area (Å²) in [4.78, 5) is 19.1. The number of ether oxygens (including phenoxy) is 1. The molecule has 0 fully saturated rings. The number of benzene rings is 1. The summed E-state index contributed by atoms with van der Waals surface area (Å²) in [6.07, 6.45) is 0.0720. The van der Waals surface area contributed by atoms with E-state index in [1.807, 2.05) is 52.0 Å². The number of hydrogen-bond donors (Lipinski definition) is 1. The summed E-state index contributed by atoms with van der Waals surface area (Å²) >= 11 is 0. The lowest BCUT2D eigenvalue weighted by atomic mass is 10.1. The molecule has 1 heterocycles. The minimum Gasteiger partial charge on any atom is -0.490 e. The molecule has 0 amide bonds. The molecule has 0 aliphatic heterocycles. The van der Waals surface area contributed by atoms with Crippen LogP contribution in [-0.4, -0.2) is 16.1 Å². The molecule has 4 nitrogen and oxygen atoms in total. The minimum absolute atomic E-state index is 0.0720. The second-order valence-electron chi connectivity index (χ2n) is 5.33. The number of nitrogens with zero attached hydrogens (tertiary/aromatic N) is 1. The first kappa shape index (κ1) is 14.3. The van der Waals surface area contributed by atoms with E-state index in [0.717, 1.165) is 11.3 Å². The van der Waals surface area contributed by atoms with Crippen LogP contribution in [0.5, 0.6) is 5.75 Å². The fraction of sp³-hybridized carbons (Fsp3) is 0.375. The first-order chi connectivity index (χ1) is 9.47. The van der Waals surface area contributed by atoms with Crippen molar-refractivity contribution in [3.05, 3.63) is 46.5 Å². The van der Waals surface area contributed by atoms with Gasteiger partial charge in [0.1, 0.15) is 11.6 Å². The molecule has 0 aliphatic rings. The van der Waals surface area contributed by atoms with E-state index in [1.54, 1.807) is 0 Å². The van der Waals surface area contributed by atoms with Crippen LogP contribution in [0, 0.1) is 0 Å². The Balaban J connectivity index is 2.54. The van der Waals surface area contributed by atoms with Crippen molar-refractivity contribution >= 4 is 0 Å². The summed E-state index contributed by atoms with van der Waals surface area (Å²) in [6.45, 7) is 7.94. The zero-order chi connectivity index (χ0) is 14.7. The number of hydrogen-bond acceptors (Lipinski definition) is 3. The molecule has 1 aromatic heterocycles. The summed E-state index contributed by atoms with van der Waals surface area (Å²) in [5.41, 5.74) is 1.35. The maximum Gasteiger partial charge on any atom is 0.251 e. The van der Waals surface area contributed by atoms with Crippen LogP contribution in [0.2, 0.25) is 0 Å². The molecule has 2 aromatic rings. The van der Waals surface area contributed by atoms with Crippen LogP contribution in [0.15, 0.2) is 35.1 Å². The maximum atomic E-state index is 11.8. The normalized spacial score (nSPS) is 11.1. The van der Waals surface area contributed by atoms with Crippen LogP contribution in [0.4, 0.5) is 0 Å². The molecule has 0 atom stereocenters. The predicted octanol–water partition coefficient (Wildman–Crippen LogP) is 3.35. The summed E-state index contributed by atoms with van der Waals surface area (Å²) in [7, 11) is 0. The average molecular weight is 272 g/mol. The first-order valence-electron chi connectivity index (χ1n) is 6.84. The number of aromatic amines is 1. The number of H-pyrrole nitrogens is 1. The van der Waals surface area contributed by atoms with Gasteiger partial charge in [0.15, 0.2) is 0 Å². The van der Waals surface area contributed by atoms with E-state index in [-0.39, 0.29) is 17.6 Å². The van der Waals surface area contributed by atoms with E-state index in [2.05, 4.69) is 9.97 Å². The first-order valence-corrected chi connectivity index (χ1v) is 6.84. The summed E-state index contributed by atoms with van der Waals surface area (Å²) in [6, 6.07) is 9.16. The maximum absolute atomic E-state index is 11.8. The van der Waals surface area contributed by atoms with Crippen LogP contribution < -0.4 is 10.3 Å². The topological polar surface area (TPSA) is 55.0 Å². The largest absolute Gasteiger partial charge is 0.490 e. The fourth-order valence-corrected chi connectivity index (χ4v) is 1.92. The minimum atomic E-state index is -0.141. The second-order valence-corrected chi connectivity index (χ2v) is 5.33. The monoisotopic (exact) mass is 272 g/mol. The van der Waals surface area contributed by atoms with Crippen LogP contribution >= 0.6 is 0 Å². The van der Waals surface area contributed by atoms with Gasteiger partial charge in [0.25, 0.3) is 5.56 Å². The number of para-hydroxylation sites is 1. The standard InChI is InChI=1S/C16H20N2O2/c1-10(2)16-17-13(9-15(19)18-16)12-7-5-6-8-14(12)20-11(3)4/h5-11H,1-4H3,(H,17,18,19). The van der Waals surface area contributed by atoms with Gasteiger partial charge in [-0.25, -0.2) is 4.98 Å². The third-order valence-electron chi connectivity index (χ3n) is 2.83. The third-order valence-corrected chi connectivity index (χ3v) is 2.83. The van der Waals surface area contributed by atoms with E-state index in [0.29, 0.717) is 11.5 Å². The lowest BCUT2D eigenvalue weighted by molar-refractivity contribution is 0.243. The van der Waals surface area contributed by atoms with Crippen molar-refractivity contribution in [2.75, 3.05) is 0 Å². The highest BCUT2D eigenvalue weighted by atomic mass is 16.5. The Morgan fingerprint density at radius 2 is 1.85 bits per heavy atom. The van der Waals surface area contributed by atoms with Crippen molar-refractivity contribution in [2.24, 2.45) is 0 Å². The highest BCUT2D eigenvalue weighted by Crippen LogP contribution is 2.28. The Morgan fingerprint density at radius 1 is 1.15 bits per heavy atom. The van der Waals surface area contributed by atoms with E-state index >= 15 is 0 Å². The zero-order valence-corrected chi connectivity index (χ0v) is 12.3. The summed E-state index contributed by atoms with van der Waals surface area (Å²) < 4.78 is 5.79. The van der Waals surface area contributed by atoms with Gasteiger partial charge in [0.05, 0.1) is 11.8 Å². The van der Waals surface area contributed by atoms with Crippen molar-refractivity contribution < 1.29 is 4.74 Å². The Kier molecular flexibility index (Phi) is 4.23. The molecule has 106 valence electrons. The third kappa shape index (κ3) is 3.26. The fourth-order valence-electron chi connectivity index (χ4n) is 1.92. The number of nitrogens with one attached hydrogen (secondary N) is 1. The van der Waals surface area contributed by atoms with E-state index < -0.39 is 0 Å². The molecular formula is C16H20N2O2. The van der Waals surface area contributed by atoms with Crippen LogP contribution in [-0.2, 0) is 0 Å². The number of aromatic nitrogens is 2. The molecule has 0 radical (unpaired) electrons. The molecule has 0 aliphatic carbocycles. The quantitative estimate of drug-likeness (QED) is 0.928. The summed E-state index contributed by atoms with van der Waals surface area (Å²) in [5, 5.41) is 0. The second kappa shape index (κ2) is 5.90. The Hall–Kier alpha value is -2.10. The lowest BCUT2D eigenvalue weighted by Gasteiger charge is -2.14. The molecule has 1 N–H and O–H groups in total. The molecule has 0 saturated carbocycles. The molecule has 0 unspecified atom stereocenters. The van der Waals surface area contributed by atoms with Gasteiger partial charge < -0.3 is 9.72 Å². The van der Waals surface area contributed by atoms with Gasteiger partial charge in [-0.3, -0.25) is 4.79 Å². The van der Waals surface area contributed by atoms with Gasteiger partial charge in [-0.05, 0) is 26.0 Å². The van der Waals surface area contributed by atoms with Crippen molar-refractivity contribution in [3.8, 4) is 17.0 Å². The van der Waals surface area contributed by atoms with Crippen LogP contribution in [0.1, 0.15) is 39.4 Å². The molecule has 20 heavy (non-hydrogen) atoms. The van der Waals surface area contributed by atoms with Gasteiger partial charge in [-0.2, -0.15) is 0 Å². The Morgan fingerprint density at radius 3 is 2.50 bits per heavy atom. The van der Waals surface area contributed by atoms with Crippen molar-refractivity contribution in [2.45, 2.75) is 39.7 Å². The highest BCUT2D eigenvalue weighted by molar-refractivity contribution is 5.66. The SMILES string of the molecule is CC(C)Oc1ccccc1-c1cc(=O)[nH]c(C(C)C)n1. The molecule has 4 heteroatoms. The van der Waals surface area contributed by atoms with E-state index in [9.17, 15) is 4.79 Å². The molecule has 1 aromatic carbocycles. The molecule has 0 bridgehead atoms. The smallest absolute Gasteiger partial charge is 0.251 e. The predicted molar refractivity (Wildman–Crippen MR) is 80.1 cm³/mol. The van der Waals surface area contributed by atoms with Gasteiger partial charge >= 0.3 is 0 Å². The molecule has 0 spiro atoms. The van der Waals surface area contributed by atoms with Crippen molar-refractivity contribution in [3.63, 3.8) is 0 Å².